The van der Waals surface area contributed by atoms with Crippen molar-refractivity contribution >= 4 is 5.91 Å². The van der Waals surface area contributed by atoms with Crippen LogP contribution in [0.5, 0.6) is 0 Å². The van der Waals surface area contributed by atoms with E-state index in [2.05, 4.69) is 0 Å². The van der Waals surface area contributed by atoms with Gasteiger partial charge in [0, 0.05) is 18.7 Å². The monoisotopic (exact) mass is 249 g/mol. The number of carbonyl (C=O) groups is 1. The SMILES string of the molecule is O=C(c1ccc(CO)cc1)N1CCC[C@H](O)CC1. The minimum absolute atomic E-state index is 0.00795. The van der Waals surface area contributed by atoms with Crippen molar-refractivity contribution in [3.8, 4) is 0 Å². The topological polar surface area (TPSA) is 60.8 Å². The highest BCUT2D eigenvalue weighted by Gasteiger charge is 2.20. The number of aliphatic hydroxyl groups is 2. The second-order valence-corrected chi connectivity index (χ2v) is 4.73. The van der Waals surface area contributed by atoms with Crippen LogP contribution in [0, 0.1) is 0 Å². The van der Waals surface area contributed by atoms with Crippen molar-refractivity contribution in [1.82, 2.24) is 4.90 Å². The molecule has 0 bridgehead atoms. The Morgan fingerprint density at radius 3 is 2.61 bits per heavy atom. The fourth-order valence-electron chi connectivity index (χ4n) is 2.22. The number of hydrogen-bond donors (Lipinski definition) is 2. The van der Waals surface area contributed by atoms with Gasteiger partial charge in [-0.2, -0.15) is 0 Å². The van der Waals surface area contributed by atoms with Crippen LogP contribution < -0.4 is 0 Å². The van der Waals surface area contributed by atoms with Crippen LogP contribution >= 0.6 is 0 Å². The highest BCUT2D eigenvalue weighted by molar-refractivity contribution is 5.94. The highest BCUT2D eigenvalue weighted by atomic mass is 16.3. The maximum absolute atomic E-state index is 12.2. The molecule has 1 aliphatic rings. The zero-order valence-electron chi connectivity index (χ0n) is 10.4. The third-order valence-electron chi connectivity index (χ3n) is 3.37. The number of benzene rings is 1. The number of aliphatic hydroxyl groups excluding tert-OH is 2. The van der Waals surface area contributed by atoms with E-state index in [9.17, 15) is 9.90 Å². The van der Waals surface area contributed by atoms with Crippen LogP contribution in [0.3, 0.4) is 0 Å². The minimum atomic E-state index is -0.278. The van der Waals surface area contributed by atoms with E-state index in [-0.39, 0.29) is 18.6 Å². The van der Waals surface area contributed by atoms with Crippen molar-refractivity contribution in [2.75, 3.05) is 13.1 Å². The normalized spacial score (nSPS) is 20.6. The summed E-state index contributed by atoms with van der Waals surface area (Å²) in [6.45, 7) is 1.31. The van der Waals surface area contributed by atoms with Gasteiger partial charge in [-0.25, -0.2) is 0 Å². The lowest BCUT2D eigenvalue weighted by molar-refractivity contribution is 0.0753. The maximum Gasteiger partial charge on any atom is 0.253 e. The molecule has 2 rings (SSSR count). The van der Waals surface area contributed by atoms with Gasteiger partial charge in [-0.3, -0.25) is 4.79 Å². The van der Waals surface area contributed by atoms with Gasteiger partial charge in [-0.1, -0.05) is 12.1 Å². The van der Waals surface area contributed by atoms with Gasteiger partial charge in [-0.15, -0.1) is 0 Å². The molecule has 0 aromatic heterocycles. The zero-order chi connectivity index (χ0) is 13.0. The highest BCUT2D eigenvalue weighted by Crippen LogP contribution is 2.14. The van der Waals surface area contributed by atoms with Crippen LogP contribution in [0.15, 0.2) is 24.3 Å². The largest absolute Gasteiger partial charge is 0.393 e. The molecule has 0 radical (unpaired) electrons. The Bertz CT molecular complexity index is 402. The number of likely N-dealkylation sites (tertiary alicyclic amines) is 1. The number of amides is 1. The molecule has 1 aromatic carbocycles. The summed E-state index contributed by atoms with van der Waals surface area (Å²) in [6.07, 6.45) is 1.99. The van der Waals surface area contributed by atoms with Crippen molar-refractivity contribution in [3.63, 3.8) is 0 Å². The van der Waals surface area contributed by atoms with E-state index in [0.717, 1.165) is 18.4 Å². The molecule has 1 aromatic rings. The summed E-state index contributed by atoms with van der Waals surface area (Å²) in [7, 11) is 0. The van der Waals surface area contributed by atoms with Crippen molar-refractivity contribution < 1.29 is 15.0 Å². The van der Waals surface area contributed by atoms with Crippen LogP contribution in [-0.2, 0) is 6.61 Å². The maximum atomic E-state index is 12.2. The summed E-state index contributed by atoms with van der Waals surface area (Å²) in [6, 6.07) is 7.02. The summed E-state index contributed by atoms with van der Waals surface area (Å²) in [4.78, 5) is 14.0. The van der Waals surface area contributed by atoms with Gasteiger partial charge in [0.2, 0.25) is 0 Å². The predicted octanol–water partition coefficient (Wildman–Crippen LogP) is 1.17. The average molecular weight is 249 g/mol. The molecule has 1 aliphatic heterocycles. The molecule has 1 saturated heterocycles. The van der Waals surface area contributed by atoms with Crippen LogP contribution in [0.1, 0.15) is 35.2 Å². The summed E-state index contributed by atoms with van der Waals surface area (Å²) in [5.74, 6) is 0.00795. The first kappa shape index (κ1) is 13.1. The first-order chi connectivity index (χ1) is 8.70. The summed E-state index contributed by atoms with van der Waals surface area (Å²) in [5, 5.41) is 18.5. The molecule has 1 fully saturated rings. The second-order valence-electron chi connectivity index (χ2n) is 4.73. The molecular formula is C14H19NO3. The fraction of sp³-hybridized carbons (Fsp3) is 0.500. The first-order valence-corrected chi connectivity index (χ1v) is 6.38. The van der Waals surface area contributed by atoms with E-state index in [1.54, 1.807) is 29.2 Å². The van der Waals surface area contributed by atoms with Gasteiger partial charge in [0.1, 0.15) is 0 Å². The number of nitrogens with zero attached hydrogens (tertiary/aromatic N) is 1. The van der Waals surface area contributed by atoms with Gasteiger partial charge in [0.05, 0.1) is 12.7 Å². The molecule has 2 N–H and O–H groups in total. The van der Waals surface area contributed by atoms with E-state index in [4.69, 9.17) is 5.11 Å². The lowest BCUT2D eigenvalue weighted by Crippen LogP contribution is -2.32. The van der Waals surface area contributed by atoms with Crippen LogP contribution in [0.4, 0.5) is 0 Å². The Balaban J connectivity index is 2.05. The van der Waals surface area contributed by atoms with Gasteiger partial charge in [0.15, 0.2) is 0 Å². The number of hydrogen-bond acceptors (Lipinski definition) is 3. The van der Waals surface area contributed by atoms with E-state index in [1.165, 1.54) is 0 Å². The van der Waals surface area contributed by atoms with Gasteiger partial charge in [0.25, 0.3) is 5.91 Å². The Hall–Kier alpha value is -1.39. The van der Waals surface area contributed by atoms with E-state index >= 15 is 0 Å². The second kappa shape index (κ2) is 5.98. The smallest absolute Gasteiger partial charge is 0.253 e. The third kappa shape index (κ3) is 3.09. The van der Waals surface area contributed by atoms with Crippen LogP contribution in [-0.4, -0.2) is 40.2 Å². The molecule has 0 aliphatic carbocycles. The molecule has 98 valence electrons. The Morgan fingerprint density at radius 1 is 1.22 bits per heavy atom. The van der Waals surface area contributed by atoms with Gasteiger partial charge in [-0.05, 0) is 37.0 Å². The standard InChI is InChI=1S/C14H19NO3/c16-10-11-3-5-12(6-4-11)14(18)15-8-1-2-13(17)7-9-15/h3-6,13,16-17H,1-2,7-10H2/t13-/m0/s1. The summed E-state index contributed by atoms with van der Waals surface area (Å²) in [5.41, 5.74) is 1.45. The van der Waals surface area contributed by atoms with E-state index in [0.29, 0.717) is 25.1 Å². The molecule has 0 spiro atoms. The molecule has 18 heavy (non-hydrogen) atoms. The quantitative estimate of drug-likeness (QED) is 0.827. The van der Waals surface area contributed by atoms with Crippen molar-refractivity contribution in [2.45, 2.75) is 32.0 Å². The number of carbonyl (C=O) groups excluding carboxylic acids is 1. The number of rotatable bonds is 2. The first-order valence-electron chi connectivity index (χ1n) is 6.38. The minimum Gasteiger partial charge on any atom is -0.393 e. The zero-order valence-corrected chi connectivity index (χ0v) is 10.4. The molecule has 4 heteroatoms. The molecule has 1 atom stereocenters. The molecule has 1 amide bonds. The van der Waals surface area contributed by atoms with Gasteiger partial charge < -0.3 is 15.1 Å². The summed E-state index contributed by atoms with van der Waals surface area (Å²) >= 11 is 0. The molecule has 4 nitrogen and oxygen atoms in total. The average Bonchev–Trinajstić information content (AvgIpc) is 2.63. The van der Waals surface area contributed by atoms with E-state index < -0.39 is 0 Å². The Labute approximate surface area is 107 Å². The summed E-state index contributed by atoms with van der Waals surface area (Å²) < 4.78 is 0. The van der Waals surface area contributed by atoms with Gasteiger partial charge >= 0.3 is 0 Å². The third-order valence-corrected chi connectivity index (χ3v) is 3.37. The molecule has 1 heterocycles. The Kier molecular flexibility index (Phi) is 4.33. The molecule has 0 unspecified atom stereocenters. The molecular weight excluding hydrogens is 230 g/mol. The van der Waals surface area contributed by atoms with Crippen molar-refractivity contribution in [3.05, 3.63) is 35.4 Å². The lowest BCUT2D eigenvalue weighted by Gasteiger charge is -2.20. The van der Waals surface area contributed by atoms with Crippen LogP contribution in [0.25, 0.3) is 0 Å². The lowest BCUT2D eigenvalue weighted by atomic mass is 10.1. The fourth-order valence-corrected chi connectivity index (χ4v) is 2.22. The van der Waals surface area contributed by atoms with E-state index in [1.807, 2.05) is 0 Å². The van der Waals surface area contributed by atoms with Crippen molar-refractivity contribution in [2.24, 2.45) is 0 Å². The predicted molar refractivity (Wildman–Crippen MR) is 68.1 cm³/mol. The Morgan fingerprint density at radius 2 is 1.94 bits per heavy atom. The van der Waals surface area contributed by atoms with Crippen LogP contribution in [0.2, 0.25) is 0 Å². The van der Waals surface area contributed by atoms with Crippen molar-refractivity contribution in [1.29, 1.82) is 0 Å². The molecule has 0 saturated carbocycles.